The van der Waals surface area contributed by atoms with Gasteiger partial charge >= 0.3 is 17.9 Å². The van der Waals surface area contributed by atoms with E-state index in [0.717, 1.165) is 83.5 Å². The standard InChI is InChI=1S/C67H122O6/c1-4-7-10-13-16-19-22-25-27-29-30-31-32-33-34-35-36-38-39-42-45-48-51-54-57-60-66(69)72-63-64(62-71-65(68)59-56-53-50-47-44-41-24-21-18-15-12-9-6-3)73-67(70)61-58-55-52-49-46-43-40-37-28-26-23-20-17-14-11-8-5-2/h9,12,18,21,29-30,41,44,64H,4-8,10-11,13-17,19-20,22-28,31-40,42-43,45-63H2,1-3H3/b12-9-,21-18-,30-29-,44-41-. The first kappa shape index (κ1) is 70.4. The van der Waals surface area contributed by atoms with Gasteiger partial charge in [0.25, 0.3) is 0 Å². The van der Waals surface area contributed by atoms with Gasteiger partial charge in [-0.2, -0.15) is 0 Å². The quantitative estimate of drug-likeness (QED) is 0.0261. The molecule has 0 aromatic rings. The summed E-state index contributed by atoms with van der Waals surface area (Å²) in [6.45, 7) is 6.55. The van der Waals surface area contributed by atoms with E-state index in [0.29, 0.717) is 19.3 Å². The maximum absolute atomic E-state index is 12.9. The minimum atomic E-state index is -0.783. The predicted octanol–water partition coefficient (Wildman–Crippen LogP) is 21.8. The SMILES string of the molecule is CC/C=C\C/C=C\C/C=C\CCCCCC(=O)OCC(COC(=O)CCCCCCCCCCCCCCC/C=C\CCCCCCCCCC)OC(=O)CCCCCCCCCCCCCCCCCCC. The van der Waals surface area contributed by atoms with Gasteiger partial charge in [-0.1, -0.05) is 294 Å². The van der Waals surface area contributed by atoms with Crippen LogP contribution in [0.2, 0.25) is 0 Å². The maximum atomic E-state index is 12.9. The number of unbranched alkanes of at least 4 members (excludes halogenated alkanes) is 40. The van der Waals surface area contributed by atoms with Crippen LogP contribution in [0.1, 0.15) is 342 Å². The Morgan fingerprint density at radius 3 is 0.863 bits per heavy atom. The summed E-state index contributed by atoms with van der Waals surface area (Å²) in [5, 5.41) is 0. The molecule has 0 spiro atoms. The molecule has 1 atom stereocenters. The summed E-state index contributed by atoms with van der Waals surface area (Å²) in [7, 11) is 0. The monoisotopic (exact) mass is 1020 g/mol. The molecule has 0 rings (SSSR count). The van der Waals surface area contributed by atoms with E-state index < -0.39 is 6.10 Å². The summed E-state index contributed by atoms with van der Waals surface area (Å²) >= 11 is 0. The lowest BCUT2D eigenvalue weighted by molar-refractivity contribution is -0.167. The zero-order valence-electron chi connectivity index (χ0n) is 48.9. The fraction of sp³-hybridized carbons (Fsp3) is 0.836. The van der Waals surface area contributed by atoms with Gasteiger partial charge < -0.3 is 14.2 Å². The van der Waals surface area contributed by atoms with Crippen molar-refractivity contribution in [1.82, 2.24) is 0 Å². The largest absolute Gasteiger partial charge is 0.462 e. The summed E-state index contributed by atoms with van der Waals surface area (Å²) in [6.07, 6.45) is 77.0. The Balaban J connectivity index is 4.25. The van der Waals surface area contributed by atoms with Crippen LogP contribution in [0.3, 0.4) is 0 Å². The zero-order chi connectivity index (χ0) is 52.9. The molecule has 0 saturated heterocycles. The van der Waals surface area contributed by atoms with Gasteiger partial charge in [0.05, 0.1) is 0 Å². The highest BCUT2D eigenvalue weighted by Crippen LogP contribution is 2.17. The average molecular weight is 1020 g/mol. The number of ether oxygens (including phenoxy) is 3. The second kappa shape index (κ2) is 61.9. The Kier molecular flexibility index (Phi) is 59.7. The van der Waals surface area contributed by atoms with Gasteiger partial charge in [0.15, 0.2) is 6.10 Å². The molecule has 0 radical (unpaired) electrons. The van der Waals surface area contributed by atoms with Crippen LogP contribution < -0.4 is 0 Å². The molecular weight excluding hydrogens is 901 g/mol. The van der Waals surface area contributed by atoms with Crippen molar-refractivity contribution in [2.45, 2.75) is 348 Å². The molecule has 0 aromatic heterocycles. The van der Waals surface area contributed by atoms with Gasteiger partial charge in [0, 0.05) is 19.3 Å². The Morgan fingerprint density at radius 2 is 0.534 bits per heavy atom. The molecule has 0 fully saturated rings. The number of carbonyl (C=O) groups excluding carboxylic acids is 3. The lowest BCUT2D eigenvalue weighted by atomic mass is 10.0. The van der Waals surface area contributed by atoms with Gasteiger partial charge in [-0.05, 0) is 77.0 Å². The van der Waals surface area contributed by atoms with E-state index in [9.17, 15) is 14.4 Å². The molecule has 6 nitrogen and oxygen atoms in total. The molecule has 73 heavy (non-hydrogen) atoms. The minimum absolute atomic E-state index is 0.0787. The lowest BCUT2D eigenvalue weighted by Crippen LogP contribution is -2.30. The van der Waals surface area contributed by atoms with Crippen LogP contribution in [0.25, 0.3) is 0 Å². The number of esters is 3. The van der Waals surface area contributed by atoms with Crippen LogP contribution in [0.5, 0.6) is 0 Å². The van der Waals surface area contributed by atoms with Gasteiger partial charge in [-0.3, -0.25) is 14.4 Å². The van der Waals surface area contributed by atoms with E-state index in [1.54, 1.807) is 0 Å². The highest BCUT2D eigenvalue weighted by atomic mass is 16.6. The Hall–Kier alpha value is -2.63. The summed E-state index contributed by atoms with van der Waals surface area (Å²) in [5.41, 5.74) is 0. The van der Waals surface area contributed by atoms with Crippen LogP contribution in [-0.4, -0.2) is 37.2 Å². The lowest BCUT2D eigenvalue weighted by Gasteiger charge is -2.18. The molecule has 0 saturated carbocycles. The maximum Gasteiger partial charge on any atom is 0.306 e. The molecule has 0 aliphatic rings. The van der Waals surface area contributed by atoms with Crippen LogP contribution in [0.15, 0.2) is 48.6 Å². The van der Waals surface area contributed by atoms with Crippen LogP contribution in [0, 0.1) is 0 Å². The second-order valence-corrected chi connectivity index (χ2v) is 21.6. The van der Waals surface area contributed by atoms with Crippen molar-refractivity contribution in [3.63, 3.8) is 0 Å². The average Bonchev–Trinajstić information content (AvgIpc) is 3.39. The molecule has 426 valence electrons. The van der Waals surface area contributed by atoms with Gasteiger partial charge in [0.2, 0.25) is 0 Å². The van der Waals surface area contributed by atoms with E-state index in [4.69, 9.17) is 14.2 Å². The molecular formula is C67H122O6. The third-order valence-corrected chi connectivity index (χ3v) is 14.3. The van der Waals surface area contributed by atoms with Crippen molar-refractivity contribution in [3.05, 3.63) is 48.6 Å². The molecule has 0 N–H and O–H groups in total. The summed E-state index contributed by atoms with van der Waals surface area (Å²) < 4.78 is 16.9. The number of rotatable bonds is 59. The molecule has 0 aliphatic heterocycles. The van der Waals surface area contributed by atoms with E-state index in [1.165, 1.54) is 218 Å². The van der Waals surface area contributed by atoms with Gasteiger partial charge in [-0.25, -0.2) is 0 Å². The molecule has 0 amide bonds. The molecule has 6 heteroatoms. The number of allylic oxidation sites excluding steroid dienone is 8. The predicted molar refractivity (Wildman–Crippen MR) is 316 cm³/mol. The third kappa shape index (κ3) is 60.1. The van der Waals surface area contributed by atoms with E-state index in [-0.39, 0.29) is 31.1 Å². The normalized spacial score (nSPS) is 12.3. The van der Waals surface area contributed by atoms with E-state index in [1.807, 2.05) is 0 Å². The first-order chi connectivity index (χ1) is 36.0. The number of hydrogen-bond acceptors (Lipinski definition) is 6. The van der Waals surface area contributed by atoms with Crippen molar-refractivity contribution in [2.75, 3.05) is 13.2 Å². The Labute approximate surface area is 454 Å². The first-order valence-electron chi connectivity index (χ1n) is 32.1. The highest BCUT2D eigenvalue weighted by molar-refractivity contribution is 5.71. The minimum Gasteiger partial charge on any atom is -0.462 e. The van der Waals surface area contributed by atoms with Gasteiger partial charge in [-0.15, -0.1) is 0 Å². The highest BCUT2D eigenvalue weighted by Gasteiger charge is 2.19. The van der Waals surface area contributed by atoms with Crippen LogP contribution in [-0.2, 0) is 28.6 Å². The molecule has 1 unspecified atom stereocenters. The Bertz CT molecular complexity index is 1270. The van der Waals surface area contributed by atoms with Crippen molar-refractivity contribution >= 4 is 17.9 Å². The van der Waals surface area contributed by atoms with Crippen LogP contribution in [0.4, 0.5) is 0 Å². The van der Waals surface area contributed by atoms with Crippen LogP contribution >= 0.6 is 0 Å². The second-order valence-electron chi connectivity index (χ2n) is 21.6. The fourth-order valence-electron chi connectivity index (χ4n) is 9.51. The van der Waals surface area contributed by atoms with Crippen molar-refractivity contribution in [1.29, 1.82) is 0 Å². The number of hydrogen-bond donors (Lipinski definition) is 0. The molecule has 0 aliphatic carbocycles. The van der Waals surface area contributed by atoms with Crippen molar-refractivity contribution in [3.8, 4) is 0 Å². The fourth-order valence-corrected chi connectivity index (χ4v) is 9.51. The summed E-state index contributed by atoms with van der Waals surface area (Å²) in [5.74, 6) is -0.889. The van der Waals surface area contributed by atoms with Crippen molar-refractivity contribution < 1.29 is 28.6 Å². The summed E-state index contributed by atoms with van der Waals surface area (Å²) in [6, 6.07) is 0. The number of carbonyl (C=O) groups is 3. The van der Waals surface area contributed by atoms with E-state index >= 15 is 0 Å². The smallest absolute Gasteiger partial charge is 0.306 e. The molecule has 0 aromatic carbocycles. The third-order valence-electron chi connectivity index (χ3n) is 14.3. The summed E-state index contributed by atoms with van der Waals surface area (Å²) in [4.78, 5) is 38.3. The van der Waals surface area contributed by atoms with Crippen molar-refractivity contribution in [2.24, 2.45) is 0 Å². The first-order valence-corrected chi connectivity index (χ1v) is 32.1. The molecule has 0 bridgehead atoms. The zero-order valence-corrected chi connectivity index (χ0v) is 48.9. The van der Waals surface area contributed by atoms with E-state index in [2.05, 4.69) is 69.4 Å². The van der Waals surface area contributed by atoms with Gasteiger partial charge in [0.1, 0.15) is 13.2 Å². The Morgan fingerprint density at radius 1 is 0.288 bits per heavy atom. The molecule has 0 heterocycles. The topological polar surface area (TPSA) is 78.9 Å².